The molecule has 1 aromatic rings. The molecule has 0 aromatic heterocycles. The minimum Gasteiger partial charge on any atom is -0.448 e. The number of amides is 1. The zero-order chi connectivity index (χ0) is 16.8. The number of morpholine rings is 2. The Morgan fingerprint density at radius 3 is 2.67 bits per heavy atom. The molecule has 6 nitrogen and oxygen atoms in total. The number of ether oxygens (including phenoxy) is 3. The normalized spacial score (nSPS) is 22.4. The minimum absolute atomic E-state index is 0.0333. The molecule has 0 spiro atoms. The van der Waals surface area contributed by atoms with Crippen molar-refractivity contribution in [1.29, 1.82) is 0 Å². The fourth-order valence-corrected chi connectivity index (χ4v) is 3.01. The van der Waals surface area contributed by atoms with Gasteiger partial charge in [0.1, 0.15) is 6.61 Å². The standard InChI is InChI=1S/C17H23ClN2O4/c18-15-3-1-14(2-4-15)16-13-19(5-11-23-16)6-12-24-17(21)20-7-9-22-10-8-20/h1-4,16H,5-13H2/t16-/m1/s1. The van der Waals surface area contributed by atoms with E-state index >= 15 is 0 Å². The highest BCUT2D eigenvalue weighted by Crippen LogP contribution is 2.23. The van der Waals surface area contributed by atoms with E-state index in [0.717, 1.165) is 23.7 Å². The third-order valence-corrected chi connectivity index (χ3v) is 4.55. The van der Waals surface area contributed by atoms with Crippen molar-refractivity contribution < 1.29 is 19.0 Å². The molecular weight excluding hydrogens is 332 g/mol. The summed E-state index contributed by atoms with van der Waals surface area (Å²) in [6, 6.07) is 7.75. The Balaban J connectivity index is 1.42. The van der Waals surface area contributed by atoms with E-state index in [4.69, 9.17) is 25.8 Å². The van der Waals surface area contributed by atoms with Gasteiger partial charge in [0, 0.05) is 37.7 Å². The molecule has 0 aliphatic carbocycles. The molecule has 2 aliphatic rings. The summed E-state index contributed by atoms with van der Waals surface area (Å²) in [5.74, 6) is 0. The third-order valence-electron chi connectivity index (χ3n) is 4.29. The van der Waals surface area contributed by atoms with Gasteiger partial charge in [-0.15, -0.1) is 0 Å². The summed E-state index contributed by atoms with van der Waals surface area (Å²) >= 11 is 5.93. The van der Waals surface area contributed by atoms with Crippen molar-refractivity contribution in [2.24, 2.45) is 0 Å². The van der Waals surface area contributed by atoms with Crippen molar-refractivity contribution >= 4 is 17.7 Å². The average Bonchev–Trinajstić information content (AvgIpc) is 2.63. The Labute approximate surface area is 147 Å². The van der Waals surface area contributed by atoms with Gasteiger partial charge in [-0.1, -0.05) is 23.7 Å². The molecule has 1 atom stereocenters. The van der Waals surface area contributed by atoms with Gasteiger partial charge in [-0.3, -0.25) is 4.90 Å². The van der Waals surface area contributed by atoms with Gasteiger partial charge in [0.25, 0.3) is 0 Å². The van der Waals surface area contributed by atoms with E-state index in [2.05, 4.69) is 4.90 Å². The lowest BCUT2D eigenvalue weighted by Crippen LogP contribution is -2.43. The van der Waals surface area contributed by atoms with Crippen LogP contribution in [-0.2, 0) is 14.2 Å². The molecular formula is C17H23ClN2O4. The molecule has 2 saturated heterocycles. The number of carbonyl (C=O) groups excluding carboxylic acids is 1. The molecule has 0 unspecified atom stereocenters. The van der Waals surface area contributed by atoms with Gasteiger partial charge in [-0.05, 0) is 17.7 Å². The minimum atomic E-state index is -0.249. The Morgan fingerprint density at radius 1 is 1.17 bits per heavy atom. The maximum atomic E-state index is 11.9. The zero-order valence-corrected chi connectivity index (χ0v) is 14.4. The molecule has 2 fully saturated rings. The second-order valence-corrected chi connectivity index (χ2v) is 6.36. The van der Waals surface area contributed by atoms with Crippen molar-refractivity contribution in [3.63, 3.8) is 0 Å². The van der Waals surface area contributed by atoms with Crippen molar-refractivity contribution in [3.05, 3.63) is 34.9 Å². The van der Waals surface area contributed by atoms with Crippen LogP contribution in [-0.4, -0.2) is 75.0 Å². The fourth-order valence-electron chi connectivity index (χ4n) is 2.88. The first-order valence-corrected chi connectivity index (χ1v) is 8.69. The van der Waals surface area contributed by atoms with Crippen LogP contribution in [0.5, 0.6) is 0 Å². The van der Waals surface area contributed by atoms with E-state index in [1.165, 1.54) is 0 Å². The predicted octanol–water partition coefficient (Wildman–Crippen LogP) is 2.18. The molecule has 132 valence electrons. The van der Waals surface area contributed by atoms with Gasteiger partial charge in [0.05, 0.1) is 25.9 Å². The topological polar surface area (TPSA) is 51.2 Å². The van der Waals surface area contributed by atoms with Gasteiger partial charge in [0.2, 0.25) is 0 Å². The third kappa shape index (κ3) is 4.83. The monoisotopic (exact) mass is 354 g/mol. The van der Waals surface area contributed by atoms with Crippen LogP contribution in [0.1, 0.15) is 11.7 Å². The number of nitrogens with zero attached hydrogens (tertiary/aromatic N) is 2. The quantitative estimate of drug-likeness (QED) is 0.829. The van der Waals surface area contributed by atoms with E-state index in [-0.39, 0.29) is 12.2 Å². The van der Waals surface area contributed by atoms with Crippen LogP contribution in [0.2, 0.25) is 5.02 Å². The Bertz CT molecular complexity index is 534. The van der Waals surface area contributed by atoms with Gasteiger partial charge in [-0.25, -0.2) is 4.79 Å². The van der Waals surface area contributed by atoms with Gasteiger partial charge in [0.15, 0.2) is 0 Å². The SMILES string of the molecule is O=C(OCCN1CCO[C@@H](c2ccc(Cl)cc2)C1)N1CCOCC1. The van der Waals surface area contributed by atoms with Crippen LogP contribution in [0.4, 0.5) is 4.79 Å². The van der Waals surface area contributed by atoms with E-state index in [1.54, 1.807) is 4.90 Å². The second kappa shape index (κ2) is 8.67. The molecule has 0 bridgehead atoms. The smallest absolute Gasteiger partial charge is 0.409 e. The molecule has 0 saturated carbocycles. The molecule has 0 radical (unpaired) electrons. The number of hydrogen-bond acceptors (Lipinski definition) is 5. The molecule has 0 N–H and O–H groups in total. The van der Waals surface area contributed by atoms with E-state index < -0.39 is 0 Å². The lowest BCUT2D eigenvalue weighted by Gasteiger charge is -2.33. The van der Waals surface area contributed by atoms with Crippen LogP contribution >= 0.6 is 11.6 Å². The molecule has 2 heterocycles. The summed E-state index contributed by atoms with van der Waals surface area (Å²) in [4.78, 5) is 15.9. The van der Waals surface area contributed by atoms with Crippen molar-refractivity contribution in [2.75, 3.05) is 59.2 Å². The predicted molar refractivity (Wildman–Crippen MR) is 90.3 cm³/mol. The number of rotatable bonds is 4. The highest BCUT2D eigenvalue weighted by Gasteiger charge is 2.23. The Hall–Kier alpha value is -1.34. The summed E-state index contributed by atoms with van der Waals surface area (Å²) in [6.45, 7) is 5.79. The molecule has 7 heteroatoms. The summed E-state index contributed by atoms with van der Waals surface area (Å²) in [5, 5.41) is 0.724. The number of benzene rings is 1. The zero-order valence-electron chi connectivity index (χ0n) is 13.7. The van der Waals surface area contributed by atoms with Crippen molar-refractivity contribution in [3.8, 4) is 0 Å². The largest absolute Gasteiger partial charge is 0.448 e. The second-order valence-electron chi connectivity index (χ2n) is 5.93. The summed E-state index contributed by atoms with van der Waals surface area (Å²) < 4.78 is 16.4. The van der Waals surface area contributed by atoms with Crippen molar-refractivity contribution in [1.82, 2.24) is 9.80 Å². The van der Waals surface area contributed by atoms with Crippen LogP contribution in [0.3, 0.4) is 0 Å². The van der Waals surface area contributed by atoms with Crippen LogP contribution in [0, 0.1) is 0 Å². The lowest BCUT2D eigenvalue weighted by molar-refractivity contribution is -0.0363. The maximum absolute atomic E-state index is 11.9. The van der Waals surface area contributed by atoms with Gasteiger partial charge in [-0.2, -0.15) is 0 Å². The highest BCUT2D eigenvalue weighted by atomic mass is 35.5. The van der Waals surface area contributed by atoms with Crippen LogP contribution in [0.25, 0.3) is 0 Å². The fraction of sp³-hybridized carbons (Fsp3) is 0.588. The first-order chi connectivity index (χ1) is 11.7. The van der Waals surface area contributed by atoms with Crippen molar-refractivity contribution in [2.45, 2.75) is 6.10 Å². The first kappa shape index (κ1) is 17.5. The van der Waals surface area contributed by atoms with Gasteiger partial charge >= 0.3 is 6.09 Å². The van der Waals surface area contributed by atoms with E-state index in [0.29, 0.717) is 46.1 Å². The Kier molecular flexibility index (Phi) is 6.31. The Morgan fingerprint density at radius 2 is 1.92 bits per heavy atom. The number of halogens is 1. The van der Waals surface area contributed by atoms with Gasteiger partial charge < -0.3 is 19.1 Å². The number of hydrogen-bond donors (Lipinski definition) is 0. The summed E-state index contributed by atoms with van der Waals surface area (Å²) in [6.07, 6.45) is -0.216. The highest BCUT2D eigenvalue weighted by molar-refractivity contribution is 6.30. The molecule has 24 heavy (non-hydrogen) atoms. The number of carbonyl (C=O) groups is 1. The maximum Gasteiger partial charge on any atom is 0.409 e. The van der Waals surface area contributed by atoms with E-state index in [9.17, 15) is 4.79 Å². The first-order valence-electron chi connectivity index (χ1n) is 8.31. The molecule has 1 aromatic carbocycles. The molecule has 2 aliphatic heterocycles. The molecule has 3 rings (SSSR count). The molecule has 1 amide bonds. The summed E-state index contributed by atoms with van der Waals surface area (Å²) in [5.41, 5.74) is 1.12. The van der Waals surface area contributed by atoms with Crippen LogP contribution in [0.15, 0.2) is 24.3 Å². The lowest BCUT2D eigenvalue weighted by atomic mass is 10.1. The van der Waals surface area contributed by atoms with Crippen LogP contribution < -0.4 is 0 Å². The summed E-state index contributed by atoms with van der Waals surface area (Å²) in [7, 11) is 0. The average molecular weight is 355 g/mol. The van der Waals surface area contributed by atoms with E-state index in [1.807, 2.05) is 24.3 Å².